The first-order chi connectivity index (χ1) is 19.3. The van der Waals surface area contributed by atoms with E-state index in [-0.39, 0.29) is 31.8 Å². The summed E-state index contributed by atoms with van der Waals surface area (Å²) in [6.45, 7) is 2.19. The maximum atomic E-state index is 12.5. The van der Waals surface area contributed by atoms with Crippen molar-refractivity contribution in [3.8, 4) is 16.9 Å². The summed E-state index contributed by atoms with van der Waals surface area (Å²) >= 11 is 0. The number of nitrogens with one attached hydrogen (secondary N) is 2. The highest BCUT2D eigenvalue weighted by Crippen LogP contribution is 2.52. The summed E-state index contributed by atoms with van der Waals surface area (Å²) in [5.41, 5.74) is 11.0. The zero-order valence-corrected chi connectivity index (χ0v) is 24.7. The predicted octanol–water partition coefficient (Wildman–Crippen LogP) is 5.82. The van der Waals surface area contributed by atoms with Crippen molar-refractivity contribution < 1.29 is 14.3 Å². The van der Waals surface area contributed by atoms with Crippen LogP contribution in [0.4, 0.5) is 5.69 Å². The Kier molecular flexibility index (Phi) is 10.2. The highest BCUT2D eigenvalue weighted by Gasteiger charge is 2.40. The van der Waals surface area contributed by atoms with E-state index in [0.717, 1.165) is 40.9 Å². The first-order valence-electron chi connectivity index (χ1n) is 14.0. The van der Waals surface area contributed by atoms with Crippen molar-refractivity contribution in [2.24, 2.45) is 23.4 Å². The van der Waals surface area contributed by atoms with Crippen LogP contribution in [0, 0.1) is 17.2 Å². The number of rotatable bonds is 12. The molecule has 214 valence electrons. The molecule has 9 heteroatoms. The second-order valence-corrected chi connectivity index (χ2v) is 12.3. The van der Waals surface area contributed by atoms with E-state index >= 15 is 0 Å². The number of nitrogens with two attached hydrogens (primary N) is 2. The van der Waals surface area contributed by atoms with E-state index in [1.807, 2.05) is 24.3 Å². The van der Waals surface area contributed by atoms with Crippen molar-refractivity contribution in [1.82, 2.24) is 5.01 Å². The van der Waals surface area contributed by atoms with Gasteiger partial charge in [0, 0.05) is 36.8 Å². The molecule has 2 aliphatic carbocycles. The number of hydrogen-bond donors (Lipinski definition) is 4. The van der Waals surface area contributed by atoms with Crippen LogP contribution in [-0.4, -0.2) is 43.1 Å². The summed E-state index contributed by atoms with van der Waals surface area (Å²) in [7, 11) is 3.31. The second kappa shape index (κ2) is 13.8. The first kappa shape index (κ1) is 29.6. The number of nitrogens with zero attached hydrogens (tertiary/aromatic N) is 1. The fraction of sp³-hybridized carbons (Fsp3) is 0.419. The maximum Gasteiger partial charge on any atom is 0.341 e. The van der Waals surface area contributed by atoms with Crippen molar-refractivity contribution in [3.63, 3.8) is 0 Å². The lowest BCUT2D eigenvalue weighted by Crippen LogP contribution is -2.25. The molecule has 2 aromatic rings. The molecule has 3 unspecified atom stereocenters. The average Bonchev–Trinajstić information content (AvgIpc) is 3.73. The minimum atomic E-state index is -0.541. The van der Waals surface area contributed by atoms with Gasteiger partial charge in [-0.3, -0.25) is 0 Å². The van der Waals surface area contributed by atoms with Gasteiger partial charge in [-0.25, -0.2) is 10.6 Å². The highest BCUT2D eigenvalue weighted by atomic mass is 31.1. The Morgan fingerprint density at radius 1 is 1.15 bits per heavy atom. The van der Waals surface area contributed by atoms with E-state index in [0.29, 0.717) is 11.4 Å². The van der Waals surface area contributed by atoms with Crippen LogP contribution < -0.4 is 21.6 Å². The van der Waals surface area contributed by atoms with Gasteiger partial charge < -0.3 is 30.9 Å². The van der Waals surface area contributed by atoms with Crippen LogP contribution in [0.3, 0.4) is 0 Å². The van der Waals surface area contributed by atoms with E-state index in [9.17, 15) is 4.79 Å². The topological polar surface area (TPSA) is 127 Å². The number of hydrogen-bond acceptors (Lipinski definition) is 8. The SMILES string of the molecule is COC(=O)/C(C=N)=C(/Nc1cccc(-c2cccc(OC(C)C3CCCCC3)c2)c1)PC1C[C@H]1/C(N)=C/N(C)N. The van der Waals surface area contributed by atoms with E-state index < -0.39 is 5.97 Å². The fourth-order valence-electron chi connectivity index (χ4n) is 5.35. The van der Waals surface area contributed by atoms with Crippen LogP contribution >= 0.6 is 8.58 Å². The minimum Gasteiger partial charge on any atom is -0.490 e. The lowest BCUT2D eigenvalue weighted by molar-refractivity contribution is -0.135. The number of benzene rings is 2. The molecule has 4 atom stereocenters. The van der Waals surface area contributed by atoms with Crippen LogP contribution in [0.25, 0.3) is 11.1 Å². The zero-order chi connectivity index (χ0) is 28.6. The van der Waals surface area contributed by atoms with Gasteiger partial charge in [0.05, 0.1) is 18.7 Å². The lowest BCUT2D eigenvalue weighted by Gasteiger charge is -2.28. The largest absolute Gasteiger partial charge is 0.490 e. The van der Waals surface area contributed by atoms with Gasteiger partial charge in [0.2, 0.25) is 0 Å². The Hall–Kier alpha value is -3.35. The lowest BCUT2D eigenvalue weighted by atomic mass is 9.86. The average molecular weight is 564 g/mol. The van der Waals surface area contributed by atoms with E-state index in [1.165, 1.54) is 44.2 Å². The number of esters is 1. The quantitative estimate of drug-likeness (QED) is 0.0640. The molecular weight excluding hydrogens is 521 g/mol. The fourth-order valence-corrected chi connectivity index (χ4v) is 7.03. The predicted molar refractivity (Wildman–Crippen MR) is 164 cm³/mol. The molecule has 40 heavy (non-hydrogen) atoms. The summed E-state index contributed by atoms with van der Waals surface area (Å²) in [5.74, 6) is 6.86. The number of carbonyl (C=O) groups is 1. The number of anilines is 1. The third-order valence-corrected chi connectivity index (χ3v) is 9.35. The van der Waals surface area contributed by atoms with Crippen LogP contribution in [-0.2, 0) is 9.53 Å². The van der Waals surface area contributed by atoms with Crippen LogP contribution in [0.5, 0.6) is 5.75 Å². The van der Waals surface area contributed by atoms with Gasteiger partial charge in [0.1, 0.15) is 11.3 Å². The van der Waals surface area contributed by atoms with E-state index in [2.05, 4.69) is 36.5 Å². The number of carbonyl (C=O) groups excluding carboxylic acids is 1. The molecule has 8 nitrogen and oxygen atoms in total. The van der Waals surface area contributed by atoms with Gasteiger partial charge in [0.15, 0.2) is 0 Å². The molecule has 0 aliphatic heterocycles. The Morgan fingerprint density at radius 2 is 1.85 bits per heavy atom. The summed E-state index contributed by atoms with van der Waals surface area (Å²) in [6, 6.07) is 16.3. The first-order valence-corrected chi connectivity index (χ1v) is 15.0. The molecule has 0 amide bonds. The molecule has 6 N–H and O–H groups in total. The maximum absolute atomic E-state index is 12.5. The van der Waals surface area contributed by atoms with E-state index in [4.69, 9.17) is 26.5 Å². The van der Waals surface area contributed by atoms with Gasteiger partial charge in [-0.15, -0.1) is 0 Å². The summed E-state index contributed by atoms with van der Waals surface area (Å²) in [6.07, 6.45) is 10.3. The van der Waals surface area contributed by atoms with Crippen molar-refractivity contribution in [1.29, 1.82) is 5.41 Å². The monoisotopic (exact) mass is 563 g/mol. The molecule has 2 aliphatic rings. The third-order valence-electron chi connectivity index (χ3n) is 7.65. The number of allylic oxidation sites excluding steroid dienone is 1. The van der Waals surface area contributed by atoms with Gasteiger partial charge in [-0.2, -0.15) is 0 Å². The molecule has 0 heterocycles. The van der Waals surface area contributed by atoms with Crippen molar-refractivity contribution in [3.05, 3.63) is 71.4 Å². The molecular formula is C31H42N5O3P. The number of ether oxygens (including phenoxy) is 2. The molecule has 2 saturated carbocycles. The number of methoxy groups -OCH3 is 1. The molecule has 0 spiro atoms. The van der Waals surface area contributed by atoms with Crippen LogP contribution in [0.15, 0.2) is 71.4 Å². The molecule has 4 rings (SSSR count). The molecule has 0 aromatic heterocycles. The smallest absolute Gasteiger partial charge is 0.341 e. The standard InChI is InChI=1S/C31H42N5O3P/c1-20(21-9-5-4-6-10-21)39-25-14-8-12-23(16-25)22-11-7-13-24(15-22)35-30(27(18-32)31(37)38-3)40-29-17-26(29)28(33)19-36(2)34/h7-8,11-16,18-21,26,29,32,35,40H,4-6,9-10,17,33-34H2,1-3H3/b28-19-,30-27-,32-18?/t20?,26-,29?/m0/s1. The number of hydrazine groups is 1. The minimum absolute atomic E-state index is 0.190. The zero-order valence-electron chi connectivity index (χ0n) is 23.7. The molecule has 0 bridgehead atoms. The molecule has 2 fully saturated rings. The normalized spacial score (nSPS) is 20.9. The van der Waals surface area contributed by atoms with Gasteiger partial charge in [-0.1, -0.05) is 52.1 Å². The van der Waals surface area contributed by atoms with Gasteiger partial charge in [0.25, 0.3) is 0 Å². The van der Waals surface area contributed by atoms with Gasteiger partial charge in [-0.05, 0) is 73.2 Å². The van der Waals surface area contributed by atoms with Gasteiger partial charge >= 0.3 is 5.97 Å². The molecule has 0 saturated heterocycles. The van der Waals surface area contributed by atoms with Crippen molar-refractivity contribution >= 4 is 26.5 Å². The Labute approximate surface area is 239 Å². The Morgan fingerprint density at radius 3 is 2.52 bits per heavy atom. The second-order valence-electron chi connectivity index (χ2n) is 10.8. The molecule has 0 radical (unpaired) electrons. The molecule has 2 aromatic carbocycles. The summed E-state index contributed by atoms with van der Waals surface area (Å²) < 4.78 is 11.4. The highest BCUT2D eigenvalue weighted by molar-refractivity contribution is 7.44. The van der Waals surface area contributed by atoms with Crippen molar-refractivity contribution in [2.75, 3.05) is 19.5 Å². The Balaban J connectivity index is 1.52. The Bertz CT molecular complexity index is 1260. The van der Waals surface area contributed by atoms with Crippen LogP contribution in [0.1, 0.15) is 45.4 Å². The van der Waals surface area contributed by atoms with E-state index in [1.54, 1.807) is 13.2 Å². The summed E-state index contributed by atoms with van der Waals surface area (Å²) in [4.78, 5) is 12.5. The van der Waals surface area contributed by atoms with Crippen molar-refractivity contribution in [2.45, 2.75) is 57.2 Å². The summed E-state index contributed by atoms with van der Waals surface area (Å²) in [5, 5.41) is 12.8. The third kappa shape index (κ3) is 7.86. The van der Waals surface area contributed by atoms with Crippen LogP contribution in [0.2, 0.25) is 0 Å².